The first kappa shape index (κ1) is 27.1. The van der Waals surface area contributed by atoms with Crippen LogP contribution in [0, 0.1) is 12.8 Å². The number of nitrogens with zero attached hydrogens (tertiary/aromatic N) is 3. The molecule has 2 aromatic carbocycles. The van der Waals surface area contributed by atoms with Crippen LogP contribution < -0.4 is 0 Å². The maximum Gasteiger partial charge on any atom is 0.228 e. The van der Waals surface area contributed by atoms with E-state index in [1.807, 2.05) is 75.4 Å². The second-order valence-corrected chi connectivity index (χ2v) is 12.2. The standard InChI is InChI=1S/C29H37N3O4S/c1-22(2)18-32-26(17-30-29(32)37(34,35)21-25-12-7-9-23(3)15-25)19-31(20-27-13-8-14-36-27)28(33)16-24-10-5-4-6-11-24/h4-7,9-12,15,17,22,27H,8,13-14,16,18-21H2,1-3H3/t27-/m1/s1. The van der Waals surface area contributed by atoms with Gasteiger partial charge in [-0.15, -0.1) is 0 Å². The van der Waals surface area contributed by atoms with Crippen LogP contribution in [0.2, 0.25) is 0 Å². The zero-order valence-electron chi connectivity index (χ0n) is 22.0. The Bertz CT molecular complexity index is 1300. The minimum Gasteiger partial charge on any atom is -0.376 e. The Hall–Kier alpha value is -2.97. The average Bonchev–Trinajstić information content (AvgIpc) is 3.49. The number of imidazole rings is 1. The first-order valence-electron chi connectivity index (χ1n) is 13.0. The zero-order chi connectivity index (χ0) is 26.4. The summed E-state index contributed by atoms with van der Waals surface area (Å²) in [5.74, 6) is 0.0752. The number of hydrogen-bond acceptors (Lipinski definition) is 5. The molecule has 198 valence electrons. The van der Waals surface area contributed by atoms with Crippen molar-refractivity contribution in [2.45, 2.75) is 70.1 Å². The quantitative estimate of drug-likeness (QED) is 0.368. The smallest absolute Gasteiger partial charge is 0.228 e. The molecular weight excluding hydrogens is 486 g/mol. The predicted molar refractivity (Wildman–Crippen MR) is 144 cm³/mol. The molecule has 0 spiro atoms. The maximum atomic E-state index is 13.5. The van der Waals surface area contributed by atoms with Crippen molar-refractivity contribution in [3.05, 3.63) is 83.2 Å². The van der Waals surface area contributed by atoms with Gasteiger partial charge in [0.2, 0.25) is 20.9 Å². The molecule has 7 nitrogen and oxygen atoms in total. The summed E-state index contributed by atoms with van der Waals surface area (Å²) in [6.07, 6.45) is 3.79. The Balaban J connectivity index is 1.62. The van der Waals surface area contributed by atoms with E-state index in [1.165, 1.54) is 0 Å². The summed E-state index contributed by atoms with van der Waals surface area (Å²) < 4.78 is 34.6. The van der Waals surface area contributed by atoms with Gasteiger partial charge in [0.1, 0.15) is 0 Å². The monoisotopic (exact) mass is 523 g/mol. The molecule has 0 aliphatic carbocycles. The van der Waals surface area contributed by atoms with E-state index < -0.39 is 9.84 Å². The molecule has 4 rings (SSSR count). The van der Waals surface area contributed by atoms with Crippen molar-refractivity contribution in [2.75, 3.05) is 13.2 Å². The fraction of sp³-hybridized carbons (Fsp3) is 0.448. The number of hydrogen-bond donors (Lipinski definition) is 0. The third-order valence-corrected chi connectivity index (χ3v) is 8.11. The Kier molecular flexibility index (Phi) is 8.82. The topological polar surface area (TPSA) is 81.5 Å². The summed E-state index contributed by atoms with van der Waals surface area (Å²) in [4.78, 5) is 19.6. The van der Waals surface area contributed by atoms with Gasteiger partial charge in [0.25, 0.3) is 0 Å². The highest BCUT2D eigenvalue weighted by Crippen LogP contribution is 2.22. The molecule has 0 bridgehead atoms. The summed E-state index contributed by atoms with van der Waals surface area (Å²) in [6.45, 7) is 8.01. The van der Waals surface area contributed by atoms with Gasteiger partial charge in [0, 0.05) is 19.7 Å². The summed E-state index contributed by atoms with van der Waals surface area (Å²) in [6, 6.07) is 17.2. The first-order valence-corrected chi connectivity index (χ1v) is 14.6. The normalized spacial score (nSPS) is 15.8. The van der Waals surface area contributed by atoms with E-state index in [2.05, 4.69) is 4.98 Å². The highest BCUT2D eigenvalue weighted by Gasteiger charge is 2.28. The van der Waals surface area contributed by atoms with Gasteiger partial charge in [0.05, 0.1) is 36.7 Å². The lowest BCUT2D eigenvalue weighted by atomic mass is 10.1. The van der Waals surface area contributed by atoms with Gasteiger partial charge in [-0.05, 0) is 36.8 Å². The molecular formula is C29H37N3O4S. The highest BCUT2D eigenvalue weighted by molar-refractivity contribution is 7.90. The second-order valence-electron chi connectivity index (χ2n) is 10.4. The predicted octanol–water partition coefficient (Wildman–Crippen LogP) is 4.57. The van der Waals surface area contributed by atoms with Gasteiger partial charge >= 0.3 is 0 Å². The van der Waals surface area contributed by atoms with Crippen LogP contribution in [0.3, 0.4) is 0 Å². The molecule has 1 atom stereocenters. The first-order chi connectivity index (χ1) is 17.7. The van der Waals surface area contributed by atoms with Crippen LogP contribution in [0.1, 0.15) is 49.1 Å². The van der Waals surface area contributed by atoms with Crippen molar-refractivity contribution >= 4 is 15.7 Å². The average molecular weight is 524 g/mol. The van der Waals surface area contributed by atoms with E-state index in [4.69, 9.17) is 4.74 Å². The number of amides is 1. The Morgan fingerprint density at radius 3 is 2.57 bits per heavy atom. The number of carbonyl (C=O) groups excluding carboxylic acids is 1. The van der Waals surface area contributed by atoms with Crippen molar-refractivity contribution in [1.29, 1.82) is 0 Å². The maximum absolute atomic E-state index is 13.5. The van der Waals surface area contributed by atoms with Crippen LogP contribution >= 0.6 is 0 Å². The van der Waals surface area contributed by atoms with E-state index in [1.54, 1.807) is 15.7 Å². The highest BCUT2D eigenvalue weighted by atomic mass is 32.2. The molecule has 1 saturated heterocycles. The second kappa shape index (κ2) is 12.0. The minimum atomic E-state index is -3.69. The lowest BCUT2D eigenvalue weighted by Gasteiger charge is -2.26. The molecule has 2 heterocycles. The Morgan fingerprint density at radius 1 is 1.14 bits per heavy atom. The van der Waals surface area contributed by atoms with E-state index in [0.717, 1.165) is 35.2 Å². The van der Waals surface area contributed by atoms with Gasteiger partial charge in [-0.1, -0.05) is 74.0 Å². The van der Waals surface area contributed by atoms with Crippen LogP contribution in [-0.2, 0) is 44.6 Å². The number of aryl methyl sites for hydroxylation is 1. The van der Waals surface area contributed by atoms with Gasteiger partial charge < -0.3 is 14.2 Å². The van der Waals surface area contributed by atoms with Gasteiger partial charge in [0.15, 0.2) is 0 Å². The molecule has 8 heteroatoms. The van der Waals surface area contributed by atoms with Gasteiger partial charge in [-0.2, -0.15) is 0 Å². The van der Waals surface area contributed by atoms with Crippen LogP contribution in [0.4, 0.5) is 0 Å². The third kappa shape index (κ3) is 7.29. The SMILES string of the molecule is Cc1cccc(CS(=O)(=O)c2ncc(CN(C[C@H]3CCCO3)C(=O)Cc3ccccc3)n2CC(C)C)c1. The molecule has 1 amide bonds. The number of aromatic nitrogens is 2. The minimum absolute atomic E-state index is 0.00860. The van der Waals surface area contributed by atoms with Crippen LogP contribution in [0.25, 0.3) is 0 Å². The number of carbonyl (C=O) groups is 1. The number of ether oxygens (including phenoxy) is 1. The summed E-state index contributed by atoms with van der Waals surface area (Å²) in [7, 11) is -3.69. The van der Waals surface area contributed by atoms with Gasteiger partial charge in [-0.3, -0.25) is 4.79 Å². The molecule has 1 aliphatic heterocycles. The number of benzene rings is 2. The van der Waals surface area contributed by atoms with Crippen molar-refractivity contribution < 1.29 is 17.9 Å². The molecule has 1 aliphatic rings. The van der Waals surface area contributed by atoms with E-state index in [9.17, 15) is 13.2 Å². The largest absolute Gasteiger partial charge is 0.376 e. The van der Waals surface area contributed by atoms with Crippen molar-refractivity contribution in [2.24, 2.45) is 5.92 Å². The summed E-state index contributed by atoms with van der Waals surface area (Å²) in [5, 5.41) is 0.0604. The Labute approximate surface area is 220 Å². The lowest BCUT2D eigenvalue weighted by Crippen LogP contribution is -2.38. The summed E-state index contributed by atoms with van der Waals surface area (Å²) >= 11 is 0. The fourth-order valence-corrected chi connectivity index (χ4v) is 6.27. The van der Waals surface area contributed by atoms with Crippen molar-refractivity contribution in [3.63, 3.8) is 0 Å². The van der Waals surface area contributed by atoms with Crippen LogP contribution in [0.15, 0.2) is 66.0 Å². The third-order valence-electron chi connectivity index (χ3n) is 6.52. The fourth-order valence-electron chi connectivity index (χ4n) is 4.78. The van der Waals surface area contributed by atoms with Crippen LogP contribution in [0.5, 0.6) is 0 Å². The van der Waals surface area contributed by atoms with Gasteiger partial charge in [-0.25, -0.2) is 13.4 Å². The molecule has 0 unspecified atom stereocenters. The zero-order valence-corrected chi connectivity index (χ0v) is 22.8. The summed E-state index contributed by atoms with van der Waals surface area (Å²) in [5.41, 5.74) is 3.41. The molecule has 37 heavy (non-hydrogen) atoms. The molecule has 1 fully saturated rings. The van der Waals surface area contributed by atoms with Crippen molar-refractivity contribution in [3.8, 4) is 0 Å². The molecule has 3 aromatic rings. The molecule has 0 N–H and O–H groups in total. The number of rotatable bonds is 11. The van der Waals surface area contributed by atoms with E-state index >= 15 is 0 Å². The van der Waals surface area contributed by atoms with E-state index in [-0.39, 0.29) is 41.8 Å². The molecule has 1 aromatic heterocycles. The Morgan fingerprint density at radius 2 is 1.89 bits per heavy atom. The lowest BCUT2D eigenvalue weighted by molar-refractivity contribution is -0.132. The number of sulfone groups is 1. The van der Waals surface area contributed by atoms with Crippen molar-refractivity contribution in [1.82, 2.24) is 14.5 Å². The molecule has 0 saturated carbocycles. The van der Waals surface area contributed by atoms with E-state index in [0.29, 0.717) is 19.7 Å². The molecule has 0 radical (unpaired) electrons. The van der Waals surface area contributed by atoms with Crippen LogP contribution in [-0.4, -0.2) is 48.0 Å².